The first-order valence-electron chi connectivity index (χ1n) is 6.64. The number of benzene rings is 2. The summed E-state index contributed by atoms with van der Waals surface area (Å²) in [7, 11) is 1.53. The molecule has 5 heteroatoms. The van der Waals surface area contributed by atoms with Gasteiger partial charge in [0.2, 0.25) is 0 Å². The second-order valence-electron chi connectivity index (χ2n) is 4.83. The second-order valence-corrected chi connectivity index (χ2v) is 4.83. The van der Waals surface area contributed by atoms with E-state index in [1.165, 1.54) is 19.5 Å². The van der Waals surface area contributed by atoms with Crippen LogP contribution in [-0.2, 0) is 0 Å². The molecular weight excluding hydrogens is 281 g/mol. The first-order chi connectivity index (χ1) is 10.7. The van der Waals surface area contributed by atoms with Crippen LogP contribution in [0.15, 0.2) is 36.7 Å². The molecule has 0 fully saturated rings. The van der Waals surface area contributed by atoms with Crippen molar-refractivity contribution in [2.45, 2.75) is 6.92 Å². The molecule has 0 unspecified atom stereocenters. The van der Waals surface area contributed by atoms with Crippen molar-refractivity contribution in [3.8, 4) is 22.9 Å². The Bertz CT molecular complexity index is 916. The molecule has 0 amide bonds. The number of ether oxygens (including phenoxy) is 1. The number of methoxy groups -OCH3 is 1. The highest BCUT2D eigenvalue weighted by molar-refractivity contribution is 5.94. The summed E-state index contributed by atoms with van der Waals surface area (Å²) < 4.78 is 19.8. The average Bonchev–Trinajstić information content (AvgIpc) is 2.56. The predicted molar refractivity (Wildman–Crippen MR) is 80.9 cm³/mol. The number of rotatable bonds is 2. The van der Waals surface area contributed by atoms with Gasteiger partial charge in [-0.3, -0.25) is 9.97 Å². The molecule has 1 heterocycles. The number of halogens is 1. The third-order valence-corrected chi connectivity index (χ3v) is 3.50. The number of aryl methyl sites for hydroxylation is 1. The van der Waals surface area contributed by atoms with Crippen molar-refractivity contribution >= 4 is 11.0 Å². The summed E-state index contributed by atoms with van der Waals surface area (Å²) in [6.07, 6.45) is 3.04. The Morgan fingerprint density at radius 2 is 1.82 bits per heavy atom. The van der Waals surface area contributed by atoms with Crippen LogP contribution >= 0.6 is 0 Å². The molecule has 0 saturated carbocycles. The maximum absolute atomic E-state index is 14.5. The number of nitriles is 1. The quantitative estimate of drug-likeness (QED) is 0.724. The SMILES string of the molecule is COc1cc(C)c(F)c(-c2ccc(C#N)c3nccnc23)c1. The van der Waals surface area contributed by atoms with E-state index in [1.807, 2.05) is 0 Å². The fourth-order valence-electron chi connectivity index (χ4n) is 2.41. The van der Waals surface area contributed by atoms with E-state index in [1.54, 1.807) is 31.2 Å². The van der Waals surface area contributed by atoms with Gasteiger partial charge in [0.25, 0.3) is 0 Å². The van der Waals surface area contributed by atoms with E-state index in [-0.39, 0.29) is 5.82 Å². The van der Waals surface area contributed by atoms with E-state index in [9.17, 15) is 4.39 Å². The molecule has 0 aliphatic carbocycles. The van der Waals surface area contributed by atoms with E-state index < -0.39 is 0 Å². The topological polar surface area (TPSA) is 58.8 Å². The van der Waals surface area contributed by atoms with E-state index in [4.69, 9.17) is 10.00 Å². The van der Waals surface area contributed by atoms with Gasteiger partial charge in [0.05, 0.1) is 18.2 Å². The molecule has 0 saturated heterocycles. The summed E-state index contributed by atoms with van der Waals surface area (Å²) in [6, 6.07) is 8.65. The number of hydrogen-bond acceptors (Lipinski definition) is 4. The van der Waals surface area contributed by atoms with E-state index in [0.717, 1.165) is 0 Å². The molecular formula is C17H12FN3O. The lowest BCUT2D eigenvalue weighted by molar-refractivity contribution is 0.413. The van der Waals surface area contributed by atoms with Gasteiger partial charge in [-0.15, -0.1) is 0 Å². The van der Waals surface area contributed by atoms with E-state index in [2.05, 4.69) is 16.0 Å². The van der Waals surface area contributed by atoms with Gasteiger partial charge in [0, 0.05) is 23.5 Å². The minimum absolute atomic E-state index is 0.336. The third kappa shape index (κ3) is 2.15. The maximum Gasteiger partial charge on any atom is 0.134 e. The van der Waals surface area contributed by atoms with Crippen molar-refractivity contribution in [3.63, 3.8) is 0 Å². The summed E-state index contributed by atoms with van der Waals surface area (Å²) in [5.74, 6) is 0.229. The highest BCUT2D eigenvalue weighted by Crippen LogP contribution is 2.33. The van der Waals surface area contributed by atoms with Crippen LogP contribution < -0.4 is 4.74 Å². The second kappa shape index (κ2) is 5.41. The fraction of sp³-hybridized carbons (Fsp3) is 0.118. The molecule has 4 nitrogen and oxygen atoms in total. The van der Waals surface area contributed by atoms with Crippen LogP contribution in [0.4, 0.5) is 4.39 Å². The molecule has 0 atom stereocenters. The van der Waals surface area contributed by atoms with Crippen molar-refractivity contribution in [2.24, 2.45) is 0 Å². The smallest absolute Gasteiger partial charge is 0.134 e. The molecule has 0 aliphatic heterocycles. The van der Waals surface area contributed by atoms with Crippen molar-refractivity contribution in [1.29, 1.82) is 5.26 Å². The fourth-order valence-corrected chi connectivity index (χ4v) is 2.41. The normalized spacial score (nSPS) is 10.5. The van der Waals surface area contributed by atoms with Crippen LogP contribution in [0, 0.1) is 24.1 Å². The molecule has 2 aromatic carbocycles. The van der Waals surface area contributed by atoms with Crippen LogP contribution in [0.1, 0.15) is 11.1 Å². The lowest BCUT2D eigenvalue weighted by atomic mass is 9.98. The molecule has 1 aromatic heterocycles. The van der Waals surface area contributed by atoms with Crippen LogP contribution in [0.3, 0.4) is 0 Å². The van der Waals surface area contributed by atoms with Crippen LogP contribution in [0.25, 0.3) is 22.2 Å². The summed E-state index contributed by atoms with van der Waals surface area (Å²) in [5, 5.41) is 9.17. The number of hydrogen-bond donors (Lipinski definition) is 0. The minimum atomic E-state index is -0.336. The molecule has 0 N–H and O–H groups in total. The van der Waals surface area contributed by atoms with Gasteiger partial charge in [0.1, 0.15) is 23.2 Å². The zero-order chi connectivity index (χ0) is 15.7. The Kier molecular flexibility index (Phi) is 3.43. The Morgan fingerprint density at radius 1 is 1.09 bits per heavy atom. The Hall–Kier alpha value is -3.00. The van der Waals surface area contributed by atoms with Crippen molar-refractivity contribution in [2.75, 3.05) is 7.11 Å². The molecule has 0 radical (unpaired) electrons. The highest BCUT2D eigenvalue weighted by atomic mass is 19.1. The van der Waals surface area contributed by atoms with Crippen molar-refractivity contribution < 1.29 is 9.13 Å². The molecule has 0 spiro atoms. The summed E-state index contributed by atoms with van der Waals surface area (Å²) in [5.41, 5.74) is 2.81. The third-order valence-electron chi connectivity index (χ3n) is 3.50. The predicted octanol–water partition coefficient (Wildman–Crippen LogP) is 3.62. The Balaban J connectivity index is 2.37. The van der Waals surface area contributed by atoms with Gasteiger partial charge in [0.15, 0.2) is 0 Å². The molecule has 3 aromatic rings. The Labute approximate surface area is 126 Å². The zero-order valence-electron chi connectivity index (χ0n) is 12.1. The first kappa shape index (κ1) is 14.0. The largest absolute Gasteiger partial charge is 0.497 e. The molecule has 0 bridgehead atoms. The zero-order valence-corrected chi connectivity index (χ0v) is 12.1. The van der Waals surface area contributed by atoms with Gasteiger partial charge in [-0.2, -0.15) is 5.26 Å². The van der Waals surface area contributed by atoms with Gasteiger partial charge >= 0.3 is 0 Å². The summed E-state index contributed by atoms with van der Waals surface area (Å²) >= 11 is 0. The van der Waals surface area contributed by atoms with Crippen LogP contribution in [0.5, 0.6) is 5.75 Å². The standard InChI is InChI=1S/C17H12FN3O/c1-10-7-12(22-2)8-14(15(10)18)13-4-3-11(9-19)16-17(13)21-6-5-20-16/h3-8H,1-2H3. The van der Waals surface area contributed by atoms with Gasteiger partial charge in [-0.05, 0) is 30.7 Å². The van der Waals surface area contributed by atoms with Gasteiger partial charge in [-0.25, -0.2) is 4.39 Å². The monoisotopic (exact) mass is 293 g/mol. The van der Waals surface area contributed by atoms with Gasteiger partial charge < -0.3 is 4.74 Å². The van der Waals surface area contributed by atoms with E-state index >= 15 is 0 Å². The summed E-state index contributed by atoms with van der Waals surface area (Å²) in [6.45, 7) is 1.68. The maximum atomic E-state index is 14.5. The minimum Gasteiger partial charge on any atom is -0.497 e. The van der Waals surface area contributed by atoms with Crippen LogP contribution in [-0.4, -0.2) is 17.1 Å². The van der Waals surface area contributed by atoms with E-state index in [0.29, 0.717) is 39.0 Å². The highest BCUT2D eigenvalue weighted by Gasteiger charge is 2.15. The molecule has 22 heavy (non-hydrogen) atoms. The first-order valence-corrected chi connectivity index (χ1v) is 6.64. The van der Waals surface area contributed by atoms with Crippen molar-refractivity contribution in [1.82, 2.24) is 9.97 Å². The average molecular weight is 293 g/mol. The van der Waals surface area contributed by atoms with Gasteiger partial charge in [-0.1, -0.05) is 6.07 Å². The number of nitrogens with zero attached hydrogens (tertiary/aromatic N) is 3. The molecule has 3 rings (SSSR count). The van der Waals surface area contributed by atoms with Crippen LogP contribution in [0.2, 0.25) is 0 Å². The molecule has 108 valence electrons. The number of aromatic nitrogens is 2. The lowest BCUT2D eigenvalue weighted by Gasteiger charge is -2.11. The van der Waals surface area contributed by atoms with Crippen molar-refractivity contribution in [3.05, 3.63) is 53.6 Å². The lowest BCUT2D eigenvalue weighted by Crippen LogP contribution is -1.95. The summed E-state index contributed by atoms with van der Waals surface area (Å²) in [4.78, 5) is 8.47. The molecule has 0 aliphatic rings. The number of fused-ring (bicyclic) bond motifs is 1. The Morgan fingerprint density at radius 3 is 2.50 bits per heavy atom.